The number of aromatic amines is 1. The number of hydrogen-bond acceptors (Lipinski definition) is 11. The molecule has 7 N–H and O–H groups in total. The van der Waals surface area contributed by atoms with Gasteiger partial charge in [-0.25, -0.2) is 13.7 Å². The van der Waals surface area contributed by atoms with E-state index in [0.29, 0.717) is 10.2 Å². The van der Waals surface area contributed by atoms with Gasteiger partial charge in [-0.15, -0.1) is 0 Å². The highest BCUT2D eigenvalue weighted by Gasteiger charge is 2.46. The quantitative estimate of drug-likeness (QED) is 0.180. The van der Waals surface area contributed by atoms with E-state index < -0.39 is 54.6 Å². The molecule has 6 atom stereocenters. The Kier molecular flexibility index (Phi) is 8.13. The number of nitrogens with one attached hydrogen (secondary N) is 1. The molecule has 0 aromatic carbocycles. The van der Waals surface area contributed by atoms with Gasteiger partial charge in [-0.05, 0) is 19.1 Å². The molecule has 1 fully saturated rings. The minimum atomic E-state index is -5.69. The Morgan fingerprint density at radius 2 is 1.70 bits per heavy atom. The number of aliphatic hydroxyl groups excluding tert-OH is 2. The second-order valence-corrected chi connectivity index (χ2v) is 11.1. The molecule has 0 amide bonds. The summed E-state index contributed by atoms with van der Waals surface area (Å²) in [5, 5.41) is 20.3. The lowest BCUT2D eigenvalue weighted by Gasteiger charge is -2.19. The highest BCUT2D eigenvalue weighted by Crippen LogP contribution is 2.66. The van der Waals surface area contributed by atoms with Gasteiger partial charge in [0.25, 0.3) is 0 Å². The summed E-state index contributed by atoms with van der Waals surface area (Å²) in [6, 6.07) is 0. The highest BCUT2D eigenvalue weighted by molar-refractivity contribution is 7.72. The Hall–Kier alpha value is -0.190. The molecule has 0 saturated carbocycles. The van der Waals surface area contributed by atoms with Crippen molar-refractivity contribution >= 4 is 47.9 Å². The van der Waals surface area contributed by atoms with Gasteiger partial charge in [0.2, 0.25) is 0 Å². The van der Waals surface area contributed by atoms with E-state index in [1.54, 1.807) is 6.92 Å². The smallest absolute Gasteiger partial charge is 0.387 e. The van der Waals surface area contributed by atoms with Gasteiger partial charge in [0.05, 0.1) is 6.61 Å². The zero-order valence-corrected chi connectivity index (χ0v) is 19.1. The molecule has 2 rings (SSSR count). The molecule has 4 unspecified atom stereocenters. The summed E-state index contributed by atoms with van der Waals surface area (Å²) < 4.78 is 52.2. The molecular formula is C10H17N2O13P3S2. The van der Waals surface area contributed by atoms with E-state index >= 15 is 0 Å². The Bertz CT molecular complexity index is 1050. The first-order chi connectivity index (χ1) is 13.5. The number of aryl methyl sites for hydroxylation is 1. The summed E-state index contributed by atoms with van der Waals surface area (Å²) in [6.45, 7) is 0.711. The van der Waals surface area contributed by atoms with E-state index in [2.05, 4.69) is 18.1 Å². The van der Waals surface area contributed by atoms with Crippen LogP contribution in [0.15, 0.2) is 6.20 Å². The predicted molar refractivity (Wildman–Crippen MR) is 101 cm³/mol. The van der Waals surface area contributed by atoms with Crippen LogP contribution in [-0.4, -0.2) is 64.3 Å². The minimum Gasteiger partial charge on any atom is -0.387 e. The molecular weight excluding hydrogens is 513 g/mol. The van der Waals surface area contributed by atoms with Crippen molar-refractivity contribution in [3.63, 3.8) is 0 Å². The third kappa shape index (κ3) is 6.90. The number of phosphoric ester groups is 1. The maximum atomic E-state index is 11.8. The molecule has 1 aromatic heterocycles. The van der Waals surface area contributed by atoms with Gasteiger partial charge in [0, 0.05) is 11.8 Å². The van der Waals surface area contributed by atoms with E-state index in [1.165, 1.54) is 10.8 Å². The van der Waals surface area contributed by atoms with Crippen LogP contribution in [0.1, 0.15) is 11.8 Å². The summed E-state index contributed by atoms with van der Waals surface area (Å²) >= 11 is 10.1. The molecule has 1 aliphatic heterocycles. The number of hydrogen-bond donors (Lipinski definition) is 7. The van der Waals surface area contributed by atoms with Gasteiger partial charge in [-0.2, -0.15) is 8.62 Å². The van der Waals surface area contributed by atoms with E-state index in [-0.39, 0.29) is 4.77 Å². The number of nitrogens with zero attached hydrogens (tertiary/aromatic N) is 1. The van der Waals surface area contributed by atoms with E-state index in [1.807, 2.05) is 0 Å². The fourth-order valence-corrected chi connectivity index (χ4v) is 5.85. The molecule has 1 aliphatic rings. The molecule has 15 nitrogen and oxygen atoms in total. The van der Waals surface area contributed by atoms with Crippen molar-refractivity contribution in [2.45, 2.75) is 31.5 Å². The number of H-pyrrole nitrogens is 1. The van der Waals surface area contributed by atoms with E-state index in [4.69, 9.17) is 43.9 Å². The van der Waals surface area contributed by atoms with Crippen LogP contribution in [0.25, 0.3) is 0 Å². The number of rotatable bonds is 8. The zero-order valence-electron chi connectivity index (χ0n) is 14.7. The van der Waals surface area contributed by atoms with Gasteiger partial charge in [-0.1, -0.05) is 12.2 Å². The van der Waals surface area contributed by atoms with Crippen LogP contribution < -0.4 is 0 Å². The molecule has 0 radical (unpaired) electrons. The third-order valence-electron chi connectivity index (χ3n) is 3.58. The maximum absolute atomic E-state index is 11.8. The number of aliphatic hydroxyl groups is 2. The van der Waals surface area contributed by atoms with Crippen LogP contribution in [0.5, 0.6) is 0 Å². The van der Waals surface area contributed by atoms with Gasteiger partial charge in [-0.3, -0.25) is 9.09 Å². The summed E-state index contributed by atoms with van der Waals surface area (Å²) in [5.41, 5.74) is 0.570. The molecule has 1 saturated heterocycles. The summed E-state index contributed by atoms with van der Waals surface area (Å²) in [5.74, 6) is 0. The van der Waals surface area contributed by atoms with Crippen LogP contribution in [0, 0.1) is 16.3 Å². The standard InChI is InChI=1S/C10H17N2O13P3S2/c1-4-2-12(10(30)11-8(4)29)9-7(14)6(13)5(23-9)3-22-27(18,19)25-28(20,21)24-26(15,16)17/h2,5-7,9,13-14H,3H2,1H3,(H,18,19)(H,20,21)(H,11,29,30)(H2,15,16,17)/t5-,6?,7?,9-/m0/s1. The first kappa shape index (κ1) is 26.1. The molecule has 2 heterocycles. The SMILES string of the molecule is Cc1cn([C@H]2O[C@@H](COP(=O)(O)OP(=O)(O)OP(=O)(O)O)C(O)C2O)c(=S)[nH]c1=S. The summed E-state index contributed by atoms with van der Waals surface area (Å²) in [4.78, 5) is 38.2. The lowest BCUT2D eigenvalue weighted by atomic mass is 10.1. The molecule has 20 heteroatoms. The Morgan fingerprint density at radius 1 is 1.10 bits per heavy atom. The van der Waals surface area contributed by atoms with Crippen molar-refractivity contribution in [3.05, 3.63) is 21.2 Å². The molecule has 0 bridgehead atoms. The van der Waals surface area contributed by atoms with Crippen LogP contribution in [-0.2, 0) is 31.6 Å². The Balaban J connectivity index is 2.09. The third-order valence-corrected chi connectivity index (χ3v) is 8.11. The minimum absolute atomic E-state index is 0.0513. The van der Waals surface area contributed by atoms with Gasteiger partial charge in [0.1, 0.15) is 23.0 Å². The van der Waals surface area contributed by atoms with Gasteiger partial charge in [0.15, 0.2) is 11.0 Å². The van der Waals surface area contributed by atoms with Gasteiger partial charge < -0.3 is 39.5 Å². The van der Waals surface area contributed by atoms with Crippen LogP contribution >= 0.6 is 47.9 Å². The van der Waals surface area contributed by atoms with Crippen molar-refractivity contribution in [3.8, 4) is 0 Å². The largest absolute Gasteiger partial charge is 0.490 e. The number of ether oxygens (including phenoxy) is 1. The molecule has 0 aliphatic carbocycles. The van der Waals surface area contributed by atoms with Crippen molar-refractivity contribution in [2.24, 2.45) is 0 Å². The molecule has 0 spiro atoms. The van der Waals surface area contributed by atoms with Crippen molar-refractivity contribution in [1.29, 1.82) is 0 Å². The summed E-state index contributed by atoms with van der Waals surface area (Å²) in [7, 11) is -16.6. The lowest BCUT2D eigenvalue weighted by molar-refractivity contribution is -0.0533. The van der Waals surface area contributed by atoms with Crippen LogP contribution in [0.2, 0.25) is 0 Å². The molecule has 1 aromatic rings. The highest BCUT2D eigenvalue weighted by atomic mass is 32.1. The van der Waals surface area contributed by atoms with Crippen molar-refractivity contribution < 1.29 is 61.4 Å². The average Bonchev–Trinajstić information content (AvgIpc) is 2.81. The topological polar surface area (TPSA) is 230 Å². The lowest BCUT2D eigenvalue weighted by Crippen LogP contribution is -2.33. The maximum Gasteiger partial charge on any atom is 0.490 e. The second kappa shape index (κ2) is 9.35. The fraction of sp³-hybridized carbons (Fsp3) is 0.600. The van der Waals surface area contributed by atoms with Crippen LogP contribution in [0.4, 0.5) is 0 Å². The van der Waals surface area contributed by atoms with E-state index in [9.17, 15) is 28.8 Å². The van der Waals surface area contributed by atoms with E-state index in [0.717, 1.165) is 0 Å². The zero-order chi connectivity index (χ0) is 23.1. The average molecular weight is 530 g/mol. The normalized spacial score (nSPS) is 28.8. The molecule has 172 valence electrons. The second-order valence-electron chi connectivity index (χ2n) is 5.91. The number of aromatic nitrogens is 2. The Labute approximate surface area is 178 Å². The fourth-order valence-electron chi connectivity index (χ4n) is 2.34. The number of phosphoric acid groups is 3. The van der Waals surface area contributed by atoms with Crippen LogP contribution in [0.3, 0.4) is 0 Å². The van der Waals surface area contributed by atoms with Gasteiger partial charge >= 0.3 is 23.5 Å². The predicted octanol–water partition coefficient (Wildman–Crippen LogP) is 0.546. The summed E-state index contributed by atoms with van der Waals surface area (Å²) in [6.07, 6.45) is -4.43. The van der Waals surface area contributed by atoms with Crippen molar-refractivity contribution in [1.82, 2.24) is 9.55 Å². The Morgan fingerprint density at radius 3 is 2.27 bits per heavy atom. The first-order valence-corrected chi connectivity index (χ1v) is 13.0. The van der Waals surface area contributed by atoms with Crippen molar-refractivity contribution in [2.75, 3.05) is 6.61 Å². The monoisotopic (exact) mass is 530 g/mol. The molecule has 30 heavy (non-hydrogen) atoms. The first-order valence-electron chi connectivity index (χ1n) is 7.63.